The quantitative estimate of drug-likeness (QED) is 0.703. The van der Waals surface area contributed by atoms with Crippen molar-refractivity contribution in [2.24, 2.45) is 5.92 Å². The Morgan fingerprint density at radius 2 is 1.93 bits per heavy atom. The van der Waals surface area contributed by atoms with Crippen LogP contribution in [0.4, 0.5) is 0 Å². The molecule has 27 heavy (non-hydrogen) atoms. The summed E-state index contributed by atoms with van der Waals surface area (Å²) in [5, 5.41) is 0. The zero-order valence-electron chi connectivity index (χ0n) is 15.9. The van der Waals surface area contributed by atoms with Gasteiger partial charge < -0.3 is 9.64 Å². The molecule has 1 aromatic rings. The highest BCUT2D eigenvalue weighted by atomic mass is 32.2. The molecule has 1 atom stereocenters. The number of aromatic nitrogens is 1. The van der Waals surface area contributed by atoms with Gasteiger partial charge in [-0.25, -0.2) is 8.42 Å². The van der Waals surface area contributed by atoms with E-state index in [-0.39, 0.29) is 17.6 Å². The van der Waals surface area contributed by atoms with Crippen LogP contribution < -0.4 is 0 Å². The van der Waals surface area contributed by atoms with Crippen LogP contribution in [0.2, 0.25) is 0 Å². The molecule has 0 spiro atoms. The first kappa shape index (κ1) is 20.2. The molecule has 2 heterocycles. The van der Waals surface area contributed by atoms with Crippen molar-refractivity contribution in [3.05, 3.63) is 30.1 Å². The third kappa shape index (κ3) is 5.49. The molecular weight excluding hydrogens is 366 g/mol. The van der Waals surface area contributed by atoms with Crippen molar-refractivity contribution in [2.75, 3.05) is 38.5 Å². The fraction of sp³-hybridized carbons (Fsp3) is 0.684. The predicted molar refractivity (Wildman–Crippen MR) is 103 cm³/mol. The van der Waals surface area contributed by atoms with E-state index in [9.17, 15) is 13.2 Å². The second-order valence-electron chi connectivity index (χ2n) is 7.53. The van der Waals surface area contributed by atoms with Gasteiger partial charge in [-0.1, -0.05) is 25.8 Å². The first-order chi connectivity index (χ1) is 13.0. The maximum Gasteiger partial charge on any atom is 0.272 e. The van der Waals surface area contributed by atoms with Crippen LogP contribution in [-0.2, 0) is 14.8 Å². The highest BCUT2D eigenvalue weighted by Crippen LogP contribution is 2.22. The smallest absolute Gasteiger partial charge is 0.272 e. The summed E-state index contributed by atoms with van der Waals surface area (Å²) in [4.78, 5) is 18.2. The van der Waals surface area contributed by atoms with Crippen LogP contribution in [0.15, 0.2) is 24.4 Å². The lowest BCUT2D eigenvalue weighted by molar-refractivity contribution is 0.0409. The van der Waals surface area contributed by atoms with Gasteiger partial charge in [0.15, 0.2) is 0 Å². The number of nitrogens with zero attached hydrogens (tertiary/aromatic N) is 3. The number of carbonyl (C=O) groups excluding carboxylic acids is 1. The molecule has 1 aliphatic carbocycles. The Kier molecular flexibility index (Phi) is 6.83. The zero-order chi connectivity index (χ0) is 19.3. The van der Waals surface area contributed by atoms with E-state index < -0.39 is 10.0 Å². The van der Waals surface area contributed by atoms with E-state index >= 15 is 0 Å². The van der Waals surface area contributed by atoms with Gasteiger partial charge in [0.1, 0.15) is 5.69 Å². The second-order valence-corrected chi connectivity index (χ2v) is 9.54. The highest BCUT2D eigenvalue weighted by molar-refractivity contribution is 7.89. The molecule has 1 saturated carbocycles. The minimum absolute atomic E-state index is 0.0382. The Bertz CT molecular complexity index is 712. The van der Waals surface area contributed by atoms with Crippen LogP contribution >= 0.6 is 0 Å². The van der Waals surface area contributed by atoms with Crippen LogP contribution in [0.25, 0.3) is 0 Å². The SMILES string of the molecule is CC(COC1CCCC1)CS(=O)(=O)N1CCN(C(=O)c2ccccn2)CC1. The van der Waals surface area contributed by atoms with Gasteiger partial charge in [-0.3, -0.25) is 9.78 Å². The van der Waals surface area contributed by atoms with Gasteiger partial charge in [0.25, 0.3) is 5.91 Å². The van der Waals surface area contributed by atoms with Crippen molar-refractivity contribution in [3.8, 4) is 0 Å². The van der Waals surface area contributed by atoms with Gasteiger partial charge in [-0.15, -0.1) is 0 Å². The molecule has 0 N–H and O–H groups in total. The van der Waals surface area contributed by atoms with Crippen molar-refractivity contribution < 1.29 is 17.9 Å². The Balaban J connectivity index is 1.46. The molecule has 1 amide bonds. The van der Waals surface area contributed by atoms with E-state index in [1.807, 2.05) is 6.92 Å². The Morgan fingerprint density at radius 3 is 2.56 bits per heavy atom. The van der Waals surface area contributed by atoms with Crippen LogP contribution in [0, 0.1) is 5.92 Å². The molecule has 1 saturated heterocycles. The van der Waals surface area contributed by atoms with Crippen LogP contribution in [-0.4, -0.2) is 73.2 Å². The fourth-order valence-electron chi connectivity index (χ4n) is 3.69. The lowest BCUT2D eigenvalue weighted by Gasteiger charge is -2.34. The minimum Gasteiger partial charge on any atom is -0.378 e. The molecular formula is C19H29N3O4S. The molecule has 1 unspecified atom stereocenters. The summed E-state index contributed by atoms with van der Waals surface area (Å²) in [7, 11) is -3.34. The van der Waals surface area contributed by atoms with Gasteiger partial charge in [0.2, 0.25) is 10.0 Å². The van der Waals surface area contributed by atoms with Crippen LogP contribution in [0.1, 0.15) is 43.1 Å². The van der Waals surface area contributed by atoms with E-state index in [0.717, 1.165) is 12.8 Å². The third-order valence-electron chi connectivity index (χ3n) is 5.22. The monoisotopic (exact) mass is 395 g/mol. The number of amides is 1. The number of hydrogen-bond acceptors (Lipinski definition) is 5. The topological polar surface area (TPSA) is 79.8 Å². The summed E-state index contributed by atoms with van der Waals surface area (Å²) < 4.78 is 32.7. The van der Waals surface area contributed by atoms with Crippen molar-refractivity contribution in [1.29, 1.82) is 0 Å². The Labute approximate surface area is 161 Å². The van der Waals surface area contributed by atoms with Gasteiger partial charge in [0, 0.05) is 32.4 Å². The predicted octanol–water partition coefficient (Wildman–Crippen LogP) is 1.76. The number of ether oxygens (including phenoxy) is 1. The third-order valence-corrected chi connectivity index (χ3v) is 7.36. The first-order valence-electron chi connectivity index (χ1n) is 9.75. The second kappa shape index (κ2) is 9.12. The fourth-order valence-corrected chi connectivity index (χ4v) is 5.43. The standard InChI is InChI=1S/C19H29N3O4S/c1-16(14-26-17-6-2-3-7-17)15-27(24,25)22-12-10-21(11-13-22)19(23)18-8-4-5-9-20-18/h4-5,8-9,16-17H,2-3,6-7,10-15H2,1H3. The number of carbonyl (C=O) groups is 1. The molecule has 0 bridgehead atoms. The Hall–Kier alpha value is -1.51. The van der Waals surface area contributed by atoms with E-state index in [1.54, 1.807) is 29.3 Å². The average Bonchev–Trinajstić information content (AvgIpc) is 3.20. The largest absolute Gasteiger partial charge is 0.378 e. The molecule has 2 fully saturated rings. The summed E-state index contributed by atoms with van der Waals surface area (Å²) in [5.41, 5.74) is 0.395. The minimum atomic E-state index is -3.34. The van der Waals surface area contributed by atoms with E-state index in [1.165, 1.54) is 17.1 Å². The molecule has 150 valence electrons. The molecule has 0 aromatic carbocycles. The maximum atomic E-state index is 12.7. The van der Waals surface area contributed by atoms with E-state index in [2.05, 4.69) is 4.98 Å². The molecule has 1 aromatic heterocycles. The summed E-state index contributed by atoms with van der Waals surface area (Å²) in [6.45, 7) is 3.85. The molecule has 3 rings (SSSR count). The summed E-state index contributed by atoms with van der Waals surface area (Å²) in [6, 6.07) is 5.21. The van der Waals surface area contributed by atoms with Gasteiger partial charge >= 0.3 is 0 Å². The number of rotatable bonds is 7. The average molecular weight is 396 g/mol. The summed E-state index contributed by atoms with van der Waals surface area (Å²) >= 11 is 0. The van der Waals surface area contributed by atoms with Gasteiger partial charge in [0.05, 0.1) is 18.5 Å². The summed E-state index contributed by atoms with van der Waals surface area (Å²) in [6.07, 6.45) is 6.48. The number of pyridine rings is 1. The number of hydrogen-bond donors (Lipinski definition) is 0. The van der Waals surface area contributed by atoms with Crippen molar-refractivity contribution in [1.82, 2.24) is 14.2 Å². The zero-order valence-corrected chi connectivity index (χ0v) is 16.7. The highest BCUT2D eigenvalue weighted by Gasteiger charge is 2.31. The van der Waals surface area contributed by atoms with Crippen LogP contribution in [0.5, 0.6) is 0 Å². The number of piperazine rings is 1. The lowest BCUT2D eigenvalue weighted by Crippen LogP contribution is -2.51. The molecule has 1 aliphatic heterocycles. The normalized spacial score (nSPS) is 20.7. The molecule has 0 radical (unpaired) electrons. The number of sulfonamides is 1. The molecule has 8 heteroatoms. The van der Waals surface area contributed by atoms with E-state index in [0.29, 0.717) is 44.6 Å². The van der Waals surface area contributed by atoms with Gasteiger partial charge in [-0.05, 0) is 30.9 Å². The van der Waals surface area contributed by atoms with Gasteiger partial charge in [-0.2, -0.15) is 4.31 Å². The van der Waals surface area contributed by atoms with Crippen molar-refractivity contribution >= 4 is 15.9 Å². The van der Waals surface area contributed by atoms with Crippen molar-refractivity contribution in [2.45, 2.75) is 38.7 Å². The Morgan fingerprint density at radius 1 is 1.22 bits per heavy atom. The molecule has 7 nitrogen and oxygen atoms in total. The first-order valence-corrected chi connectivity index (χ1v) is 11.4. The van der Waals surface area contributed by atoms with E-state index in [4.69, 9.17) is 4.74 Å². The lowest BCUT2D eigenvalue weighted by atomic mass is 10.2. The maximum absolute atomic E-state index is 12.7. The van der Waals surface area contributed by atoms with Crippen LogP contribution in [0.3, 0.4) is 0 Å². The van der Waals surface area contributed by atoms with Crippen molar-refractivity contribution in [3.63, 3.8) is 0 Å². The molecule has 2 aliphatic rings. The summed E-state index contributed by atoms with van der Waals surface area (Å²) in [5.74, 6) is -0.0942.